The van der Waals surface area contributed by atoms with Crippen LogP contribution in [0.2, 0.25) is 0 Å². The number of rotatable bonds is 4. The number of nitro benzene ring substituents is 1. The van der Waals surface area contributed by atoms with E-state index in [2.05, 4.69) is 4.74 Å². The van der Waals surface area contributed by atoms with Crippen LogP contribution in [0.15, 0.2) is 54.6 Å². The van der Waals surface area contributed by atoms with Crippen LogP contribution in [0.1, 0.15) is 15.9 Å². The Labute approximate surface area is 165 Å². The lowest BCUT2D eigenvalue weighted by Gasteiger charge is -2.37. The number of aliphatic hydroxyl groups excluding tert-OH is 5. The molecule has 1 aliphatic heterocycles. The molecule has 0 bridgehead atoms. The molecule has 156 valence electrons. The van der Waals surface area contributed by atoms with Crippen molar-refractivity contribution in [1.29, 1.82) is 0 Å². The number of nitrogens with zero attached hydrogens (tertiary/aromatic N) is 1. The average molecular weight is 407 g/mol. The molecule has 3 rings (SSSR count). The molecule has 29 heavy (non-hydrogen) atoms. The highest BCUT2D eigenvalue weighted by molar-refractivity contribution is 6.09. The number of nitro groups is 1. The Bertz CT molecular complexity index is 807. The van der Waals surface area contributed by atoms with Gasteiger partial charge in [-0.1, -0.05) is 30.3 Å². The monoisotopic (exact) mass is 407 g/mol. The minimum atomic E-state index is -1.57. The lowest BCUT2D eigenvalue weighted by atomic mass is 10.00. The van der Waals surface area contributed by atoms with Gasteiger partial charge in [-0.25, -0.2) is 0 Å². The van der Waals surface area contributed by atoms with Gasteiger partial charge in [-0.2, -0.15) is 0 Å². The van der Waals surface area contributed by atoms with Gasteiger partial charge < -0.3 is 30.3 Å². The van der Waals surface area contributed by atoms with E-state index >= 15 is 0 Å². The predicted octanol–water partition coefficient (Wildman–Crippen LogP) is -0.396. The standard InChI is InChI=1S/C13H9NO3.C6H12O6/c15-13(10-4-2-1-3-5-10)11-6-8-12(9-7-11)14(16)17;7-1-2-3(8)4(9)5(10)6(11)12-2/h1-9H;2-11H,1H2/t;2-,3+,4+,5-,6-/m.1/s1. The van der Waals surface area contributed by atoms with Crippen LogP contribution in [-0.4, -0.2) is 73.6 Å². The molecule has 1 fully saturated rings. The number of non-ortho nitro benzene ring substituents is 1. The summed E-state index contributed by atoms with van der Waals surface area (Å²) in [5.41, 5.74) is 0.998. The number of ketones is 1. The van der Waals surface area contributed by atoms with Crippen molar-refractivity contribution in [2.45, 2.75) is 30.7 Å². The Hall–Kier alpha value is -2.73. The zero-order valence-corrected chi connectivity index (χ0v) is 15.1. The van der Waals surface area contributed by atoms with Crippen molar-refractivity contribution < 1.29 is 40.0 Å². The summed E-state index contributed by atoms with van der Waals surface area (Å²) >= 11 is 0. The van der Waals surface area contributed by atoms with E-state index in [9.17, 15) is 14.9 Å². The van der Waals surface area contributed by atoms with Gasteiger partial charge >= 0.3 is 0 Å². The molecule has 0 spiro atoms. The van der Waals surface area contributed by atoms with E-state index in [-0.39, 0.29) is 11.5 Å². The van der Waals surface area contributed by atoms with Gasteiger partial charge in [0.05, 0.1) is 11.5 Å². The molecule has 5 atom stereocenters. The first kappa shape index (κ1) is 22.6. The van der Waals surface area contributed by atoms with Crippen LogP contribution in [0.5, 0.6) is 0 Å². The Morgan fingerprint density at radius 3 is 1.97 bits per heavy atom. The number of carbonyl (C=O) groups excluding carboxylic acids is 1. The zero-order valence-electron chi connectivity index (χ0n) is 15.1. The normalized spacial score (nSPS) is 26.2. The van der Waals surface area contributed by atoms with Crippen molar-refractivity contribution in [2.75, 3.05) is 6.61 Å². The second kappa shape index (κ2) is 10.2. The fourth-order valence-electron chi connectivity index (χ4n) is 2.57. The van der Waals surface area contributed by atoms with Crippen LogP contribution in [-0.2, 0) is 4.74 Å². The Balaban J connectivity index is 0.000000221. The van der Waals surface area contributed by atoms with Gasteiger partial charge in [0.2, 0.25) is 0 Å². The quantitative estimate of drug-likeness (QED) is 0.257. The van der Waals surface area contributed by atoms with Crippen LogP contribution in [0.25, 0.3) is 0 Å². The first-order valence-corrected chi connectivity index (χ1v) is 8.59. The summed E-state index contributed by atoms with van der Waals surface area (Å²) in [5.74, 6) is -0.138. The van der Waals surface area contributed by atoms with Gasteiger partial charge in [-0.3, -0.25) is 14.9 Å². The summed E-state index contributed by atoms with van der Waals surface area (Å²) in [6, 6.07) is 14.4. The number of carbonyl (C=O) groups is 1. The van der Waals surface area contributed by atoms with Crippen molar-refractivity contribution in [2.24, 2.45) is 0 Å². The molecule has 0 radical (unpaired) electrons. The molecule has 0 aliphatic carbocycles. The summed E-state index contributed by atoms with van der Waals surface area (Å²) < 4.78 is 4.58. The lowest BCUT2D eigenvalue weighted by Crippen LogP contribution is -2.58. The third-order valence-electron chi connectivity index (χ3n) is 4.24. The number of aliphatic hydroxyl groups is 5. The number of hydrogen-bond acceptors (Lipinski definition) is 9. The van der Waals surface area contributed by atoms with Crippen LogP contribution >= 0.6 is 0 Å². The molecule has 2 aromatic rings. The van der Waals surface area contributed by atoms with E-state index in [1.807, 2.05) is 6.07 Å². The number of ether oxygens (including phenoxy) is 1. The summed E-state index contributed by atoms with van der Waals surface area (Å²) in [5, 5.41) is 55.1. The molecule has 0 unspecified atom stereocenters. The molecule has 10 nitrogen and oxygen atoms in total. The van der Waals surface area contributed by atoms with Crippen molar-refractivity contribution in [3.05, 3.63) is 75.8 Å². The highest BCUT2D eigenvalue weighted by Gasteiger charge is 2.42. The summed E-state index contributed by atoms with van der Waals surface area (Å²) in [6.45, 7) is -0.526. The Morgan fingerprint density at radius 1 is 0.897 bits per heavy atom. The molecule has 1 saturated heterocycles. The third kappa shape index (κ3) is 5.64. The van der Waals surface area contributed by atoms with Gasteiger partial charge in [0, 0.05) is 23.3 Å². The summed E-state index contributed by atoms with van der Waals surface area (Å²) in [4.78, 5) is 21.9. The van der Waals surface area contributed by atoms with E-state index in [1.165, 1.54) is 24.3 Å². The van der Waals surface area contributed by atoms with Crippen LogP contribution in [0, 0.1) is 10.1 Å². The number of benzene rings is 2. The van der Waals surface area contributed by atoms with Gasteiger partial charge in [-0.15, -0.1) is 0 Å². The molecule has 0 saturated carbocycles. The van der Waals surface area contributed by atoms with E-state index in [1.54, 1.807) is 24.3 Å². The second-order valence-electron chi connectivity index (χ2n) is 6.22. The van der Waals surface area contributed by atoms with Crippen molar-refractivity contribution in [3.8, 4) is 0 Å². The van der Waals surface area contributed by atoms with E-state index in [0.29, 0.717) is 11.1 Å². The molecule has 1 aliphatic rings. The highest BCUT2D eigenvalue weighted by Crippen LogP contribution is 2.19. The van der Waals surface area contributed by atoms with Gasteiger partial charge in [-0.05, 0) is 12.1 Å². The van der Waals surface area contributed by atoms with Gasteiger partial charge in [0.15, 0.2) is 12.1 Å². The second-order valence-corrected chi connectivity index (χ2v) is 6.22. The predicted molar refractivity (Wildman–Crippen MR) is 99.0 cm³/mol. The van der Waals surface area contributed by atoms with E-state index in [0.717, 1.165) is 0 Å². The van der Waals surface area contributed by atoms with Crippen LogP contribution in [0.3, 0.4) is 0 Å². The third-order valence-corrected chi connectivity index (χ3v) is 4.24. The number of hydrogen-bond donors (Lipinski definition) is 5. The maximum atomic E-state index is 12.0. The van der Waals surface area contributed by atoms with Gasteiger partial charge in [0.1, 0.15) is 24.4 Å². The highest BCUT2D eigenvalue weighted by atomic mass is 16.6. The minimum absolute atomic E-state index is 0.0189. The van der Waals surface area contributed by atoms with E-state index < -0.39 is 42.2 Å². The topological polar surface area (TPSA) is 171 Å². The van der Waals surface area contributed by atoms with E-state index in [4.69, 9.17) is 25.5 Å². The minimum Gasteiger partial charge on any atom is -0.394 e. The van der Waals surface area contributed by atoms with Gasteiger partial charge in [0.25, 0.3) is 5.69 Å². The fraction of sp³-hybridized carbons (Fsp3) is 0.316. The first-order chi connectivity index (χ1) is 13.8. The molecule has 5 N–H and O–H groups in total. The van der Waals surface area contributed by atoms with Crippen molar-refractivity contribution in [3.63, 3.8) is 0 Å². The first-order valence-electron chi connectivity index (χ1n) is 8.59. The lowest BCUT2D eigenvalue weighted by molar-refractivity contribution is -0.384. The summed E-state index contributed by atoms with van der Waals surface area (Å²) in [7, 11) is 0. The van der Waals surface area contributed by atoms with Crippen molar-refractivity contribution in [1.82, 2.24) is 0 Å². The largest absolute Gasteiger partial charge is 0.394 e. The SMILES string of the molecule is O=C(c1ccccc1)c1ccc([N+](=O)[O-])cc1.OC[C@H]1O[C@@H](O)[C@H](O)[C@@H](O)[C@H]1O. The maximum absolute atomic E-state index is 12.0. The van der Waals surface area contributed by atoms with Crippen molar-refractivity contribution >= 4 is 11.5 Å². The van der Waals surface area contributed by atoms with Crippen LogP contribution in [0.4, 0.5) is 5.69 Å². The Kier molecular flexibility index (Phi) is 7.91. The molecular formula is C19H21NO9. The molecule has 0 amide bonds. The Morgan fingerprint density at radius 2 is 1.45 bits per heavy atom. The maximum Gasteiger partial charge on any atom is 0.269 e. The molecular weight excluding hydrogens is 386 g/mol. The zero-order chi connectivity index (χ0) is 21.6. The smallest absolute Gasteiger partial charge is 0.269 e. The fourth-order valence-corrected chi connectivity index (χ4v) is 2.57. The average Bonchev–Trinajstić information content (AvgIpc) is 2.75. The van der Waals surface area contributed by atoms with Crippen LogP contribution < -0.4 is 0 Å². The summed E-state index contributed by atoms with van der Waals surface area (Å²) in [6.07, 6.45) is -7.04. The molecule has 10 heteroatoms. The molecule has 0 aromatic heterocycles. The molecule has 1 heterocycles. The molecule has 2 aromatic carbocycles.